The van der Waals surface area contributed by atoms with Gasteiger partial charge < -0.3 is 11.5 Å². The van der Waals surface area contributed by atoms with Gasteiger partial charge in [-0.3, -0.25) is 10.1 Å². The fraction of sp³-hybridized carbons (Fsp3) is 0.167. The molecule has 0 aliphatic heterocycles. The number of aromatic nitrogens is 2. The molecule has 2 aromatic rings. The van der Waals surface area contributed by atoms with Crippen LogP contribution in [0.2, 0.25) is 0 Å². The second kappa shape index (κ2) is 5.66. The summed E-state index contributed by atoms with van der Waals surface area (Å²) in [6.45, 7) is 0. The number of nitrogen functional groups attached to an aromatic ring is 2. The minimum absolute atomic E-state index is 0.377. The lowest BCUT2D eigenvalue weighted by atomic mass is 10.0. The van der Waals surface area contributed by atoms with Crippen LogP contribution in [-0.4, -0.2) is 14.9 Å². The van der Waals surface area contributed by atoms with Crippen LogP contribution in [0, 0.1) is 15.9 Å². The molecular formula is C12H9F4N5O2. The van der Waals surface area contributed by atoms with E-state index in [2.05, 4.69) is 9.97 Å². The van der Waals surface area contributed by atoms with Gasteiger partial charge in [0.05, 0.1) is 10.5 Å². The van der Waals surface area contributed by atoms with E-state index in [-0.39, 0.29) is 5.69 Å². The first-order chi connectivity index (χ1) is 10.6. The van der Waals surface area contributed by atoms with E-state index in [1.54, 1.807) is 0 Å². The van der Waals surface area contributed by atoms with Crippen molar-refractivity contribution in [3.63, 3.8) is 0 Å². The minimum Gasteiger partial charge on any atom is -0.378 e. The molecule has 0 amide bonds. The Hall–Kier alpha value is -2.98. The molecule has 0 aliphatic carbocycles. The Morgan fingerprint density at radius 2 is 1.87 bits per heavy atom. The third-order valence-electron chi connectivity index (χ3n) is 2.91. The Morgan fingerprint density at radius 3 is 2.43 bits per heavy atom. The molecule has 2 rings (SSSR count). The van der Waals surface area contributed by atoms with Crippen LogP contribution >= 0.6 is 0 Å². The lowest BCUT2D eigenvalue weighted by molar-refractivity contribution is -0.385. The van der Waals surface area contributed by atoms with Crippen molar-refractivity contribution in [2.75, 3.05) is 11.5 Å². The van der Waals surface area contributed by atoms with Crippen molar-refractivity contribution < 1.29 is 22.5 Å². The molecule has 1 aromatic heterocycles. The lowest BCUT2D eigenvalue weighted by Crippen LogP contribution is -2.11. The van der Waals surface area contributed by atoms with Crippen molar-refractivity contribution in [3.8, 4) is 0 Å². The van der Waals surface area contributed by atoms with Crippen molar-refractivity contribution in [2.45, 2.75) is 12.6 Å². The summed E-state index contributed by atoms with van der Waals surface area (Å²) >= 11 is 0. The van der Waals surface area contributed by atoms with Crippen LogP contribution in [-0.2, 0) is 12.6 Å². The Balaban J connectivity index is 2.53. The van der Waals surface area contributed by atoms with E-state index in [1.807, 2.05) is 0 Å². The summed E-state index contributed by atoms with van der Waals surface area (Å²) in [7, 11) is 0. The molecule has 122 valence electrons. The summed E-state index contributed by atoms with van der Waals surface area (Å²) < 4.78 is 51.8. The van der Waals surface area contributed by atoms with Crippen molar-refractivity contribution >= 4 is 17.5 Å². The summed E-state index contributed by atoms with van der Waals surface area (Å²) in [5.74, 6) is -1.93. The zero-order valence-corrected chi connectivity index (χ0v) is 11.3. The van der Waals surface area contributed by atoms with Crippen LogP contribution in [0.5, 0.6) is 0 Å². The molecule has 7 nitrogen and oxygen atoms in total. The van der Waals surface area contributed by atoms with Gasteiger partial charge in [0, 0.05) is 6.42 Å². The van der Waals surface area contributed by atoms with E-state index >= 15 is 0 Å². The van der Waals surface area contributed by atoms with Crippen LogP contribution in [0.25, 0.3) is 0 Å². The molecule has 0 bridgehead atoms. The van der Waals surface area contributed by atoms with E-state index in [9.17, 15) is 27.7 Å². The number of anilines is 2. The third-order valence-corrected chi connectivity index (χ3v) is 2.91. The lowest BCUT2D eigenvalue weighted by Gasteiger charge is -2.10. The molecule has 0 fully saturated rings. The highest BCUT2D eigenvalue weighted by Crippen LogP contribution is 2.32. The monoisotopic (exact) mass is 331 g/mol. The quantitative estimate of drug-likeness (QED) is 0.506. The number of halogens is 4. The maximum Gasteiger partial charge on any atom is 0.416 e. The molecule has 11 heteroatoms. The molecule has 0 spiro atoms. The largest absolute Gasteiger partial charge is 0.416 e. The fourth-order valence-electron chi connectivity index (χ4n) is 1.93. The van der Waals surface area contributed by atoms with Gasteiger partial charge in [0.2, 0.25) is 11.8 Å². The third kappa shape index (κ3) is 3.44. The van der Waals surface area contributed by atoms with E-state index < -0.39 is 51.9 Å². The molecule has 0 unspecified atom stereocenters. The van der Waals surface area contributed by atoms with Gasteiger partial charge in [0.25, 0.3) is 0 Å². The fourth-order valence-corrected chi connectivity index (χ4v) is 1.93. The van der Waals surface area contributed by atoms with Crippen LogP contribution in [0.3, 0.4) is 0 Å². The number of alkyl halides is 3. The van der Waals surface area contributed by atoms with Crippen molar-refractivity contribution in [1.82, 2.24) is 9.97 Å². The van der Waals surface area contributed by atoms with Gasteiger partial charge >= 0.3 is 11.9 Å². The maximum absolute atomic E-state index is 13.7. The van der Waals surface area contributed by atoms with Crippen molar-refractivity contribution in [3.05, 3.63) is 51.0 Å². The highest BCUT2D eigenvalue weighted by atomic mass is 19.4. The molecule has 23 heavy (non-hydrogen) atoms. The van der Waals surface area contributed by atoms with Gasteiger partial charge in [-0.1, -0.05) is 0 Å². The number of nitrogens with zero attached hydrogens (tertiary/aromatic N) is 3. The Labute approximate surface area is 126 Å². The zero-order chi connectivity index (χ0) is 17.4. The number of rotatable bonds is 3. The van der Waals surface area contributed by atoms with Gasteiger partial charge in [0.15, 0.2) is 0 Å². The van der Waals surface area contributed by atoms with Crippen LogP contribution in [0.15, 0.2) is 18.2 Å². The van der Waals surface area contributed by atoms with E-state index in [0.29, 0.717) is 18.2 Å². The standard InChI is InChI=1S/C12H9F4N5O2/c13-7-2-1-6(12(14,15)16)3-5(7)4-8-9(21(22)23)10(17)20-11(18)19-8/h1-3H,4H2,(H4,17,18,19,20). The van der Waals surface area contributed by atoms with Gasteiger partial charge in [-0.05, 0) is 23.8 Å². The minimum atomic E-state index is -4.68. The maximum atomic E-state index is 13.7. The second-order valence-electron chi connectivity index (χ2n) is 4.50. The SMILES string of the molecule is Nc1nc(N)c([N+](=O)[O-])c(Cc2cc(C(F)(F)F)ccc2F)n1. The first-order valence-corrected chi connectivity index (χ1v) is 6.01. The number of benzene rings is 1. The van der Waals surface area contributed by atoms with Gasteiger partial charge in [-0.2, -0.15) is 18.2 Å². The van der Waals surface area contributed by atoms with Gasteiger partial charge in [-0.15, -0.1) is 0 Å². The predicted molar refractivity (Wildman–Crippen MR) is 71.7 cm³/mol. The van der Waals surface area contributed by atoms with Gasteiger partial charge in [0.1, 0.15) is 11.5 Å². The van der Waals surface area contributed by atoms with Crippen LogP contribution < -0.4 is 11.5 Å². The van der Waals surface area contributed by atoms with Crippen LogP contribution in [0.4, 0.5) is 35.0 Å². The molecule has 1 aromatic carbocycles. The number of nitrogens with two attached hydrogens (primary N) is 2. The average Bonchev–Trinajstić information content (AvgIpc) is 2.38. The molecule has 0 radical (unpaired) electrons. The first-order valence-electron chi connectivity index (χ1n) is 6.01. The number of hydrogen-bond donors (Lipinski definition) is 2. The molecule has 0 saturated heterocycles. The highest BCUT2D eigenvalue weighted by molar-refractivity contribution is 5.58. The van der Waals surface area contributed by atoms with Gasteiger partial charge in [-0.25, -0.2) is 9.37 Å². The average molecular weight is 331 g/mol. The molecule has 4 N–H and O–H groups in total. The molecule has 1 heterocycles. The summed E-state index contributed by atoms with van der Waals surface area (Å²) in [6, 6.07) is 1.74. The summed E-state index contributed by atoms with van der Waals surface area (Å²) in [6.07, 6.45) is -5.28. The molecule has 0 aliphatic rings. The highest BCUT2D eigenvalue weighted by Gasteiger charge is 2.31. The van der Waals surface area contributed by atoms with Crippen LogP contribution in [0.1, 0.15) is 16.8 Å². The smallest absolute Gasteiger partial charge is 0.378 e. The van der Waals surface area contributed by atoms with Crippen molar-refractivity contribution in [1.29, 1.82) is 0 Å². The molecule has 0 atom stereocenters. The summed E-state index contributed by atoms with van der Waals surface area (Å²) in [5, 5.41) is 11.0. The van der Waals surface area contributed by atoms with E-state index in [0.717, 1.165) is 0 Å². The summed E-state index contributed by atoms with van der Waals surface area (Å²) in [5.41, 5.74) is 8.06. The van der Waals surface area contributed by atoms with E-state index in [1.165, 1.54) is 0 Å². The second-order valence-corrected chi connectivity index (χ2v) is 4.50. The summed E-state index contributed by atoms with van der Waals surface area (Å²) in [4.78, 5) is 17.1. The Kier molecular flexibility index (Phi) is 4.04. The van der Waals surface area contributed by atoms with E-state index in [4.69, 9.17) is 11.5 Å². The topological polar surface area (TPSA) is 121 Å². The zero-order valence-electron chi connectivity index (χ0n) is 11.3. The Morgan fingerprint density at radius 1 is 1.22 bits per heavy atom. The predicted octanol–water partition coefficient (Wildman–Crippen LogP) is 2.30. The normalized spacial score (nSPS) is 11.5. The first kappa shape index (κ1) is 16.4. The molecule has 0 saturated carbocycles. The van der Waals surface area contributed by atoms with Crippen molar-refractivity contribution in [2.24, 2.45) is 0 Å². The number of nitro groups is 1. The Bertz CT molecular complexity index is 779. The number of hydrogen-bond acceptors (Lipinski definition) is 6. The molecular weight excluding hydrogens is 322 g/mol.